The first-order valence-electron chi connectivity index (χ1n) is 5.77. The van der Waals surface area contributed by atoms with Crippen molar-refractivity contribution in [2.45, 2.75) is 19.4 Å². The molecule has 1 fully saturated rings. The van der Waals surface area contributed by atoms with Crippen LogP contribution in [0.3, 0.4) is 0 Å². The first-order chi connectivity index (χ1) is 7.98. The molecule has 0 bridgehead atoms. The number of nitrogens with zero attached hydrogens (tertiary/aromatic N) is 1. The zero-order chi connectivity index (χ0) is 12.5. The van der Waals surface area contributed by atoms with Gasteiger partial charge in [-0.1, -0.05) is 0 Å². The molecular weight excluding hydrogens is 216 g/mol. The summed E-state index contributed by atoms with van der Waals surface area (Å²) < 4.78 is 5.59. The van der Waals surface area contributed by atoms with Crippen molar-refractivity contribution in [2.24, 2.45) is 0 Å². The van der Waals surface area contributed by atoms with Crippen LogP contribution in [0.5, 0.6) is 0 Å². The van der Waals surface area contributed by atoms with Crippen LogP contribution in [0, 0.1) is 0 Å². The number of hydrogen-bond donors (Lipinski definition) is 1. The zero-order valence-electron chi connectivity index (χ0n) is 10.3. The van der Waals surface area contributed by atoms with Gasteiger partial charge in [-0.2, -0.15) is 0 Å². The summed E-state index contributed by atoms with van der Waals surface area (Å²) in [6.45, 7) is 5.85. The van der Waals surface area contributed by atoms with Gasteiger partial charge in [0.15, 0.2) is 0 Å². The van der Waals surface area contributed by atoms with E-state index in [0.717, 1.165) is 0 Å². The van der Waals surface area contributed by atoms with Gasteiger partial charge in [-0.05, 0) is 38.1 Å². The summed E-state index contributed by atoms with van der Waals surface area (Å²) >= 11 is 0. The van der Waals surface area contributed by atoms with Crippen molar-refractivity contribution in [1.82, 2.24) is 4.90 Å². The first kappa shape index (κ1) is 11.9. The molecule has 0 unspecified atom stereocenters. The van der Waals surface area contributed by atoms with E-state index >= 15 is 0 Å². The molecule has 0 saturated carbocycles. The third kappa shape index (κ3) is 2.77. The lowest BCUT2D eigenvalue weighted by Gasteiger charge is -2.38. The number of hydrogen-bond acceptors (Lipinski definition) is 3. The summed E-state index contributed by atoms with van der Waals surface area (Å²) in [5.41, 5.74) is 6.69. The van der Waals surface area contributed by atoms with Crippen LogP contribution in [0.25, 0.3) is 0 Å². The Balaban J connectivity index is 2.12. The molecule has 0 aliphatic carbocycles. The Morgan fingerprint density at radius 3 is 2.59 bits per heavy atom. The van der Waals surface area contributed by atoms with E-state index in [2.05, 4.69) is 0 Å². The molecular formula is C13H18N2O2. The van der Waals surface area contributed by atoms with Crippen LogP contribution in [0.2, 0.25) is 0 Å². The van der Waals surface area contributed by atoms with Crippen molar-refractivity contribution in [1.29, 1.82) is 0 Å². The Bertz CT molecular complexity index is 412. The van der Waals surface area contributed by atoms with Crippen LogP contribution >= 0.6 is 0 Å². The molecule has 92 valence electrons. The van der Waals surface area contributed by atoms with Crippen LogP contribution in [-0.4, -0.2) is 36.1 Å². The van der Waals surface area contributed by atoms with Crippen molar-refractivity contribution < 1.29 is 9.53 Å². The van der Waals surface area contributed by atoms with E-state index in [4.69, 9.17) is 10.5 Å². The molecule has 1 aromatic carbocycles. The maximum absolute atomic E-state index is 12.2. The third-order valence-corrected chi connectivity index (χ3v) is 2.87. The minimum atomic E-state index is -0.262. The summed E-state index contributed by atoms with van der Waals surface area (Å²) in [4.78, 5) is 14.1. The van der Waals surface area contributed by atoms with Gasteiger partial charge in [-0.3, -0.25) is 4.79 Å². The van der Waals surface area contributed by atoms with E-state index in [0.29, 0.717) is 30.9 Å². The number of amides is 1. The average molecular weight is 234 g/mol. The lowest BCUT2D eigenvalue weighted by Crippen LogP contribution is -2.50. The monoisotopic (exact) mass is 234 g/mol. The maximum Gasteiger partial charge on any atom is 0.254 e. The lowest BCUT2D eigenvalue weighted by molar-refractivity contribution is -0.0764. The first-order valence-corrected chi connectivity index (χ1v) is 5.77. The minimum Gasteiger partial charge on any atom is -0.399 e. The average Bonchev–Trinajstić information content (AvgIpc) is 2.28. The van der Waals surface area contributed by atoms with E-state index in [1.165, 1.54) is 0 Å². The SMILES string of the molecule is CC1(C)CN(C(=O)c2ccc(N)cc2)CCO1. The standard InChI is InChI=1S/C13H18N2O2/c1-13(2)9-15(7-8-17-13)12(16)10-3-5-11(14)6-4-10/h3-6H,7-9,14H2,1-2H3. The van der Waals surface area contributed by atoms with Crippen LogP contribution in [0.15, 0.2) is 24.3 Å². The zero-order valence-corrected chi connectivity index (χ0v) is 10.3. The number of anilines is 1. The Hall–Kier alpha value is -1.55. The Morgan fingerprint density at radius 1 is 1.35 bits per heavy atom. The number of ether oxygens (including phenoxy) is 1. The molecule has 1 amide bonds. The molecule has 0 spiro atoms. The summed E-state index contributed by atoms with van der Waals surface area (Å²) in [5.74, 6) is 0.0429. The molecule has 0 aromatic heterocycles. The lowest BCUT2D eigenvalue weighted by atomic mass is 10.1. The summed E-state index contributed by atoms with van der Waals surface area (Å²) in [6.07, 6.45) is 0. The minimum absolute atomic E-state index is 0.0429. The topological polar surface area (TPSA) is 55.6 Å². The van der Waals surface area contributed by atoms with E-state index in [-0.39, 0.29) is 11.5 Å². The van der Waals surface area contributed by atoms with Gasteiger partial charge in [-0.15, -0.1) is 0 Å². The van der Waals surface area contributed by atoms with Crippen molar-refractivity contribution in [3.8, 4) is 0 Å². The number of nitrogen functional groups attached to an aromatic ring is 1. The molecule has 0 radical (unpaired) electrons. The van der Waals surface area contributed by atoms with Crippen LogP contribution in [0.4, 0.5) is 5.69 Å². The van der Waals surface area contributed by atoms with Gasteiger partial charge in [-0.25, -0.2) is 0 Å². The predicted octanol–water partition coefficient (Wildman–Crippen LogP) is 1.52. The van der Waals surface area contributed by atoms with Gasteiger partial charge in [0.1, 0.15) is 0 Å². The summed E-state index contributed by atoms with van der Waals surface area (Å²) in [6, 6.07) is 7.03. The van der Waals surface area contributed by atoms with E-state index in [9.17, 15) is 4.79 Å². The van der Waals surface area contributed by atoms with Gasteiger partial charge in [0.25, 0.3) is 5.91 Å². The largest absolute Gasteiger partial charge is 0.399 e. The highest BCUT2D eigenvalue weighted by Gasteiger charge is 2.30. The van der Waals surface area contributed by atoms with Gasteiger partial charge in [0, 0.05) is 24.3 Å². The Labute approximate surface area is 101 Å². The third-order valence-electron chi connectivity index (χ3n) is 2.87. The van der Waals surface area contributed by atoms with Gasteiger partial charge < -0.3 is 15.4 Å². The fourth-order valence-corrected chi connectivity index (χ4v) is 2.00. The van der Waals surface area contributed by atoms with Crippen LogP contribution < -0.4 is 5.73 Å². The predicted molar refractivity (Wildman–Crippen MR) is 66.8 cm³/mol. The quantitative estimate of drug-likeness (QED) is 0.749. The molecule has 4 heteroatoms. The molecule has 2 rings (SSSR count). The smallest absolute Gasteiger partial charge is 0.254 e. The maximum atomic E-state index is 12.2. The summed E-state index contributed by atoms with van der Waals surface area (Å²) in [7, 11) is 0. The highest BCUT2D eigenvalue weighted by Crippen LogP contribution is 2.18. The van der Waals surface area contributed by atoms with E-state index in [1.54, 1.807) is 24.3 Å². The number of benzene rings is 1. The number of morpholine rings is 1. The molecule has 1 aliphatic heterocycles. The van der Waals surface area contributed by atoms with E-state index < -0.39 is 0 Å². The number of carbonyl (C=O) groups excluding carboxylic acids is 1. The molecule has 0 atom stereocenters. The fourth-order valence-electron chi connectivity index (χ4n) is 2.00. The number of carbonyl (C=O) groups is 1. The van der Waals surface area contributed by atoms with Gasteiger partial charge >= 0.3 is 0 Å². The normalized spacial score (nSPS) is 19.1. The van der Waals surface area contributed by atoms with Gasteiger partial charge in [0.05, 0.1) is 12.2 Å². The molecule has 17 heavy (non-hydrogen) atoms. The van der Waals surface area contributed by atoms with E-state index in [1.807, 2.05) is 18.7 Å². The number of nitrogens with two attached hydrogens (primary N) is 1. The molecule has 1 saturated heterocycles. The van der Waals surface area contributed by atoms with Crippen LogP contribution in [0.1, 0.15) is 24.2 Å². The van der Waals surface area contributed by atoms with Crippen molar-refractivity contribution in [2.75, 3.05) is 25.4 Å². The van der Waals surface area contributed by atoms with Crippen molar-refractivity contribution in [3.63, 3.8) is 0 Å². The number of rotatable bonds is 1. The second-order valence-corrected chi connectivity index (χ2v) is 4.96. The summed E-state index contributed by atoms with van der Waals surface area (Å²) in [5, 5.41) is 0. The fraction of sp³-hybridized carbons (Fsp3) is 0.462. The highest BCUT2D eigenvalue weighted by atomic mass is 16.5. The molecule has 2 N–H and O–H groups in total. The molecule has 4 nitrogen and oxygen atoms in total. The Kier molecular flexibility index (Phi) is 3.07. The van der Waals surface area contributed by atoms with Crippen molar-refractivity contribution >= 4 is 11.6 Å². The van der Waals surface area contributed by atoms with Crippen LogP contribution in [-0.2, 0) is 4.74 Å². The van der Waals surface area contributed by atoms with Gasteiger partial charge in [0.2, 0.25) is 0 Å². The molecule has 1 aliphatic rings. The second kappa shape index (κ2) is 4.37. The second-order valence-electron chi connectivity index (χ2n) is 4.96. The Morgan fingerprint density at radius 2 is 2.00 bits per heavy atom. The highest BCUT2D eigenvalue weighted by molar-refractivity contribution is 5.94. The molecule has 1 aromatic rings. The molecule has 1 heterocycles. The van der Waals surface area contributed by atoms with Crippen molar-refractivity contribution in [3.05, 3.63) is 29.8 Å².